The Morgan fingerprint density at radius 3 is 2.71 bits per heavy atom. The summed E-state index contributed by atoms with van der Waals surface area (Å²) in [5.41, 5.74) is 0.575. The first-order valence-corrected chi connectivity index (χ1v) is 8.86. The average molecular weight is 391 g/mol. The van der Waals surface area contributed by atoms with Gasteiger partial charge >= 0.3 is 5.97 Å². The number of hydrogen-bond donors (Lipinski definition) is 2. The maximum Gasteiger partial charge on any atom is 0.345 e. The van der Waals surface area contributed by atoms with E-state index in [2.05, 4.69) is 25.6 Å². The number of aromatic carboxylic acids is 1. The molecule has 1 atom stereocenters. The van der Waals surface area contributed by atoms with Gasteiger partial charge in [-0.15, -0.1) is 11.3 Å². The van der Waals surface area contributed by atoms with Crippen LogP contribution in [-0.2, 0) is 10.0 Å². The quantitative estimate of drug-likeness (QED) is 0.817. The van der Waals surface area contributed by atoms with Gasteiger partial charge in [-0.1, -0.05) is 6.07 Å². The molecule has 0 aliphatic rings. The third-order valence-electron chi connectivity index (χ3n) is 2.62. The predicted molar refractivity (Wildman–Crippen MR) is 82.0 cm³/mol. The monoisotopic (exact) mass is 390 g/mol. The molecular formula is C12H11BrN2O4S2. The fraction of sp³-hybridized carbons (Fsp3) is 0.167. The highest BCUT2D eigenvalue weighted by molar-refractivity contribution is 9.11. The van der Waals surface area contributed by atoms with Gasteiger partial charge in [0, 0.05) is 6.20 Å². The van der Waals surface area contributed by atoms with Crippen molar-refractivity contribution in [1.82, 2.24) is 9.71 Å². The van der Waals surface area contributed by atoms with Crippen LogP contribution in [0.4, 0.5) is 0 Å². The summed E-state index contributed by atoms with van der Waals surface area (Å²) in [5, 5.41) is 8.91. The molecule has 0 bridgehead atoms. The van der Waals surface area contributed by atoms with Crippen molar-refractivity contribution in [3.63, 3.8) is 0 Å². The molecule has 2 N–H and O–H groups in total. The minimum absolute atomic E-state index is 0.0484. The molecule has 0 aromatic carbocycles. The van der Waals surface area contributed by atoms with Gasteiger partial charge in [0.2, 0.25) is 10.0 Å². The summed E-state index contributed by atoms with van der Waals surface area (Å²) in [6.07, 6.45) is 1.57. The number of pyridine rings is 1. The Morgan fingerprint density at radius 1 is 1.48 bits per heavy atom. The van der Waals surface area contributed by atoms with Gasteiger partial charge in [0.1, 0.15) is 9.77 Å². The smallest absolute Gasteiger partial charge is 0.345 e. The van der Waals surface area contributed by atoms with E-state index >= 15 is 0 Å². The number of rotatable bonds is 5. The lowest BCUT2D eigenvalue weighted by Gasteiger charge is -2.13. The molecule has 0 saturated heterocycles. The number of hydrogen-bond acceptors (Lipinski definition) is 5. The fourth-order valence-corrected chi connectivity index (χ4v) is 5.25. The molecule has 0 amide bonds. The standard InChI is InChI=1S/C12H11BrN2O4S2/c1-7(8-4-2-3-5-14-8)15-21(18,19)10-6-9(12(16)17)20-11(10)13/h2-7,15H,1H3,(H,16,17)/t7-/m1/s1. The van der Waals surface area contributed by atoms with E-state index in [0.29, 0.717) is 5.69 Å². The first-order valence-electron chi connectivity index (χ1n) is 5.77. The number of halogens is 1. The van der Waals surface area contributed by atoms with Gasteiger partial charge in [0.15, 0.2) is 0 Å². The van der Waals surface area contributed by atoms with Crippen LogP contribution in [0, 0.1) is 0 Å². The summed E-state index contributed by atoms with van der Waals surface area (Å²) in [4.78, 5) is 14.8. The summed E-state index contributed by atoms with van der Waals surface area (Å²) in [6, 6.07) is 5.80. The lowest BCUT2D eigenvalue weighted by Crippen LogP contribution is -2.27. The van der Waals surface area contributed by atoms with Gasteiger partial charge in [-0.3, -0.25) is 4.98 Å². The maximum absolute atomic E-state index is 12.3. The average Bonchev–Trinajstić information content (AvgIpc) is 2.82. The molecule has 0 aliphatic carbocycles. The van der Waals surface area contributed by atoms with E-state index in [-0.39, 0.29) is 13.6 Å². The Bertz CT molecular complexity index is 759. The van der Waals surface area contributed by atoms with Gasteiger partial charge in [0.25, 0.3) is 0 Å². The summed E-state index contributed by atoms with van der Waals surface area (Å²) < 4.78 is 27.4. The van der Waals surface area contributed by atoms with Crippen LogP contribution in [-0.4, -0.2) is 24.5 Å². The highest BCUT2D eigenvalue weighted by Crippen LogP contribution is 2.32. The maximum atomic E-state index is 12.3. The van der Waals surface area contributed by atoms with Gasteiger partial charge in [-0.05, 0) is 41.1 Å². The molecule has 2 rings (SSSR count). The van der Waals surface area contributed by atoms with Crippen LogP contribution < -0.4 is 4.72 Å². The molecule has 0 fully saturated rings. The van der Waals surface area contributed by atoms with Crippen LogP contribution in [0.15, 0.2) is 39.1 Å². The molecule has 112 valence electrons. The van der Waals surface area contributed by atoms with Crippen LogP contribution in [0.25, 0.3) is 0 Å². The summed E-state index contributed by atoms with van der Waals surface area (Å²) in [7, 11) is -3.84. The number of sulfonamides is 1. The van der Waals surface area contributed by atoms with Crippen LogP contribution in [0.2, 0.25) is 0 Å². The number of carboxylic acids is 1. The van der Waals surface area contributed by atoms with Crippen molar-refractivity contribution in [3.05, 3.63) is 44.8 Å². The lowest BCUT2D eigenvalue weighted by molar-refractivity contribution is 0.0702. The van der Waals surface area contributed by atoms with Gasteiger partial charge in [-0.25, -0.2) is 17.9 Å². The highest BCUT2D eigenvalue weighted by atomic mass is 79.9. The first kappa shape index (κ1) is 16.1. The Balaban J connectivity index is 2.29. The molecule has 2 aromatic rings. The summed E-state index contributed by atoms with van der Waals surface area (Å²) in [6.45, 7) is 1.66. The Hall–Kier alpha value is -1.29. The second-order valence-electron chi connectivity index (χ2n) is 4.15. The predicted octanol–water partition coefficient (Wildman–Crippen LogP) is 2.64. The number of aromatic nitrogens is 1. The zero-order valence-corrected chi connectivity index (χ0v) is 14.0. The van der Waals surface area contributed by atoms with Gasteiger partial charge < -0.3 is 5.11 Å². The van der Waals surface area contributed by atoms with Crippen LogP contribution in [0.1, 0.15) is 28.3 Å². The number of carboxylic acid groups (broad SMARTS) is 1. The molecule has 0 radical (unpaired) electrons. The molecule has 2 heterocycles. The molecule has 0 unspecified atom stereocenters. The van der Waals surface area contributed by atoms with Crippen LogP contribution >= 0.6 is 27.3 Å². The Labute approximate surface area is 134 Å². The second-order valence-corrected chi connectivity index (χ2v) is 8.20. The second kappa shape index (κ2) is 6.22. The van der Waals surface area contributed by atoms with E-state index in [1.807, 2.05) is 0 Å². The zero-order chi connectivity index (χ0) is 15.6. The summed E-state index contributed by atoms with van der Waals surface area (Å²) in [5.74, 6) is -1.17. The molecular weight excluding hydrogens is 380 g/mol. The van der Waals surface area contributed by atoms with E-state index < -0.39 is 22.0 Å². The van der Waals surface area contributed by atoms with Gasteiger partial charge in [0.05, 0.1) is 15.5 Å². The van der Waals surface area contributed by atoms with E-state index in [4.69, 9.17) is 5.11 Å². The largest absolute Gasteiger partial charge is 0.477 e. The van der Waals surface area contributed by atoms with Crippen molar-refractivity contribution in [2.75, 3.05) is 0 Å². The summed E-state index contributed by atoms with van der Waals surface area (Å²) >= 11 is 3.94. The molecule has 0 aliphatic heterocycles. The molecule has 0 spiro atoms. The fourth-order valence-electron chi connectivity index (χ4n) is 1.63. The number of nitrogens with zero attached hydrogens (tertiary/aromatic N) is 1. The van der Waals surface area contributed by atoms with Crippen molar-refractivity contribution in [1.29, 1.82) is 0 Å². The minimum atomic E-state index is -3.84. The van der Waals surface area contributed by atoms with E-state index in [1.165, 1.54) is 0 Å². The highest BCUT2D eigenvalue weighted by Gasteiger charge is 2.25. The lowest BCUT2D eigenvalue weighted by atomic mass is 10.2. The van der Waals surface area contributed by atoms with Crippen molar-refractivity contribution < 1.29 is 18.3 Å². The molecule has 0 saturated carbocycles. The van der Waals surface area contributed by atoms with E-state index in [9.17, 15) is 13.2 Å². The van der Waals surface area contributed by atoms with Crippen molar-refractivity contribution >= 4 is 43.3 Å². The van der Waals surface area contributed by atoms with Crippen molar-refractivity contribution in [3.8, 4) is 0 Å². The molecule has 21 heavy (non-hydrogen) atoms. The Morgan fingerprint density at radius 2 is 2.19 bits per heavy atom. The van der Waals surface area contributed by atoms with E-state index in [0.717, 1.165) is 17.4 Å². The molecule has 6 nitrogen and oxygen atoms in total. The third-order valence-corrected chi connectivity index (χ3v) is 6.40. The normalized spacial score (nSPS) is 13.0. The zero-order valence-electron chi connectivity index (χ0n) is 10.8. The minimum Gasteiger partial charge on any atom is -0.477 e. The van der Waals surface area contributed by atoms with Crippen LogP contribution in [0.5, 0.6) is 0 Å². The topological polar surface area (TPSA) is 96.4 Å². The van der Waals surface area contributed by atoms with Crippen molar-refractivity contribution in [2.24, 2.45) is 0 Å². The number of carbonyl (C=O) groups is 1. The first-order chi connectivity index (χ1) is 9.81. The number of thiophene rings is 1. The van der Waals surface area contributed by atoms with Crippen LogP contribution in [0.3, 0.4) is 0 Å². The van der Waals surface area contributed by atoms with Gasteiger partial charge in [-0.2, -0.15) is 0 Å². The SMILES string of the molecule is C[C@@H](NS(=O)(=O)c1cc(C(=O)O)sc1Br)c1ccccn1. The van der Waals surface area contributed by atoms with E-state index in [1.54, 1.807) is 31.3 Å². The Kier molecular flexibility index (Phi) is 4.77. The van der Waals surface area contributed by atoms with Crippen molar-refractivity contribution in [2.45, 2.75) is 17.9 Å². The number of nitrogens with one attached hydrogen (secondary N) is 1. The third kappa shape index (κ3) is 3.67. The molecule has 9 heteroatoms. The molecule has 2 aromatic heterocycles.